The molecule has 2 unspecified atom stereocenters. The Kier molecular flexibility index (Phi) is 4.10. The lowest BCUT2D eigenvalue weighted by molar-refractivity contribution is -0.202. The first-order valence-corrected chi connectivity index (χ1v) is 6.11. The smallest absolute Gasteiger partial charge is 0.382 e. The summed E-state index contributed by atoms with van der Waals surface area (Å²) < 4.78 is 49.5. The quantitative estimate of drug-likeness (QED) is 0.811. The number of hydrogen-bond acceptors (Lipinski definition) is 2. The third-order valence-electron chi connectivity index (χ3n) is 3.23. The average molecular weight is 277 g/mol. The Hall–Kier alpha value is -1.14. The van der Waals surface area contributed by atoms with Gasteiger partial charge in [0, 0.05) is 12.6 Å². The maximum absolute atomic E-state index is 12.8. The highest BCUT2D eigenvalue weighted by atomic mass is 19.4. The molecule has 0 heterocycles. The largest absolute Gasteiger partial charge is 0.415 e. The van der Waals surface area contributed by atoms with Crippen LogP contribution in [0, 0.1) is 11.7 Å². The Morgan fingerprint density at radius 1 is 1.21 bits per heavy atom. The molecule has 1 fully saturated rings. The molecule has 1 aliphatic rings. The summed E-state index contributed by atoms with van der Waals surface area (Å²) in [7, 11) is 0. The van der Waals surface area contributed by atoms with Gasteiger partial charge in [-0.25, -0.2) is 4.39 Å². The predicted molar refractivity (Wildman–Crippen MR) is 61.9 cm³/mol. The number of rotatable bonds is 5. The molecule has 6 heteroatoms. The van der Waals surface area contributed by atoms with E-state index in [2.05, 4.69) is 5.32 Å². The third kappa shape index (κ3) is 3.91. The van der Waals surface area contributed by atoms with Crippen molar-refractivity contribution in [3.8, 4) is 0 Å². The molecule has 2 atom stereocenters. The average Bonchev–Trinajstić information content (AvgIpc) is 3.14. The van der Waals surface area contributed by atoms with Gasteiger partial charge in [0.1, 0.15) is 5.82 Å². The highest BCUT2D eigenvalue weighted by Crippen LogP contribution is 2.41. The van der Waals surface area contributed by atoms with Crippen LogP contribution in [0.15, 0.2) is 24.3 Å². The zero-order chi connectivity index (χ0) is 14.0. The van der Waals surface area contributed by atoms with Gasteiger partial charge in [-0.15, -0.1) is 0 Å². The van der Waals surface area contributed by atoms with Gasteiger partial charge < -0.3 is 10.4 Å². The van der Waals surface area contributed by atoms with Crippen LogP contribution in [0.1, 0.15) is 24.4 Å². The van der Waals surface area contributed by atoms with Crippen LogP contribution in [0.25, 0.3) is 0 Å². The molecule has 0 aromatic heterocycles. The lowest BCUT2D eigenvalue weighted by atomic mass is 10.0. The molecule has 2 N–H and O–H groups in total. The van der Waals surface area contributed by atoms with Crippen molar-refractivity contribution in [3.05, 3.63) is 35.6 Å². The van der Waals surface area contributed by atoms with E-state index in [1.807, 2.05) is 0 Å². The van der Waals surface area contributed by atoms with Crippen molar-refractivity contribution in [3.63, 3.8) is 0 Å². The fraction of sp³-hybridized carbons (Fsp3) is 0.538. The van der Waals surface area contributed by atoms with Gasteiger partial charge in [-0.2, -0.15) is 13.2 Å². The molecule has 0 spiro atoms. The van der Waals surface area contributed by atoms with Crippen LogP contribution in [0.3, 0.4) is 0 Å². The maximum Gasteiger partial charge on any atom is 0.415 e. The molecule has 19 heavy (non-hydrogen) atoms. The van der Waals surface area contributed by atoms with Gasteiger partial charge in [-0.1, -0.05) is 12.1 Å². The van der Waals surface area contributed by atoms with Gasteiger partial charge in [0.25, 0.3) is 0 Å². The lowest BCUT2D eigenvalue weighted by Gasteiger charge is -2.22. The minimum Gasteiger partial charge on any atom is -0.382 e. The Morgan fingerprint density at radius 2 is 1.79 bits per heavy atom. The Balaban J connectivity index is 1.99. The Labute approximate surface area is 108 Å². The van der Waals surface area contributed by atoms with Crippen LogP contribution in [0.2, 0.25) is 0 Å². The molecule has 106 valence electrons. The molecule has 1 aliphatic carbocycles. The summed E-state index contributed by atoms with van der Waals surface area (Å²) in [6.07, 6.45) is -5.15. The van der Waals surface area contributed by atoms with E-state index < -0.39 is 18.8 Å². The van der Waals surface area contributed by atoms with E-state index in [4.69, 9.17) is 5.11 Å². The Morgan fingerprint density at radius 3 is 2.26 bits per heavy atom. The molecule has 0 radical (unpaired) electrons. The standard InChI is InChI=1S/C13H15F4NO/c14-10-5-3-9(4-6-10)12(8-1-2-8)18-7-11(19)13(15,16)17/h3-6,8,11-12,18-19H,1-2,7H2. The summed E-state index contributed by atoms with van der Waals surface area (Å²) in [6, 6.07) is 5.42. The number of aliphatic hydroxyl groups excluding tert-OH is 1. The van der Waals surface area contributed by atoms with E-state index in [0.717, 1.165) is 18.4 Å². The second-order valence-electron chi connectivity index (χ2n) is 4.83. The molecule has 0 saturated heterocycles. The summed E-state index contributed by atoms with van der Waals surface area (Å²) in [5.74, 6) is -0.125. The van der Waals surface area contributed by atoms with Crippen LogP contribution in [-0.4, -0.2) is 23.9 Å². The van der Waals surface area contributed by atoms with Crippen LogP contribution in [-0.2, 0) is 0 Å². The van der Waals surface area contributed by atoms with Gasteiger partial charge in [0.15, 0.2) is 6.10 Å². The summed E-state index contributed by atoms with van der Waals surface area (Å²) >= 11 is 0. The summed E-state index contributed by atoms with van der Waals surface area (Å²) in [4.78, 5) is 0. The van der Waals surface area contributed by atoms with E-state index in [9.17, 15) is 17.6 Å². The second kappa shape index (κ2) is 5.46. The molecular formula is C13H15F4NO. The minimum absolute atomic E-state index is 0.255. The number of nitrogens with one attached hydrogen (secondary N) is 1. The molecule has 2 nitrogen and oxygen atoms in total. The van der Waals surface area contributed by atoms with Crippen LogP contribution in [0.4, 0.5) is 17.6 Å². The van der Waals surface area contributed by atoms with Gasteiger partial charge in [0.2, 0.25) is 0 Å². The minimum atomic E-state index is -4.62. The van der Waals surface area contributed by atoms with Gasteiger partial charge >= 0.3 is 6.18 Å². The first-order chi connectivity index (χ1) is 8.88. The van der Waals surface area contributed by atoms with Crippen molar-refractivity contribution in [2.45, 2.75) is 31.2 Å². The fourth-order valence-electron chi connectivity index (χ4n) is 2.01. The van der Waals surface area contributed by atoms with Crippen molar-refractivity contribution >= 4 is 0 Å². The van der Waals surface area contributed by atoms with Crippen LogP contribution in [0.5, 0.6) is 0 Å². The zero-order valence-corrected chi connectivity index (χ0v) is 10.1. The van der Waals surface area contributed by atoms with Crippen molar-refractivity contribution in [2.75, 3.05) is 6.54 Å². The predicted octanol–water partition coefficient (Wildman–Crippen LogP) is 2.79. The number of alkyl halides is 3. The molecule has 1 saturated carbocycles. The monoisotopic (exact) mass is 277 g/mol. The number of benzene rings is 1. The van der Waals surface area contributed by atoms with Gasteiger partial charge in [-0.3, -0.25) is 0 Å². The molecule has 1 aromatic carbocycles. The highest BCUT2D eigenvalue weighted by Gasteiger charge is 2.39. The zero-order valence-electron chi connectivity index (χ0n) is 10.1. The van der Waals surface area contributed by atoms with Crippen molar-refractivity contribution in [2.24, 2.45) is 5.92 Å². The molecule has 0 bridgehead atoms. The lowest BCUT2D eigenvalue weighted by Crippen LogP contribution is -2.40. The fourth-order valence-corrected chi connectivity index (χ4v) is 2.01. The summed E-state index contributed by atoms with van der Waals surface area (Å²) in [6.45, 7) is -0.554. The second-order valence-corrected chi connectivity index (χ2v) is 4.83. The Bertz CT molecular complexity index is 414. The molecule has 0 aliphatic heterocycles. The van der Waals surface area contributed by atoms with Crippen molar-refractivity contribution < 1.29 is 22.7 Å². The molecule has 2 rings (SSSR count). The maximum atomic E-state index is 12.8. The van der Waals surface area contributed by atoms with Crippen LogP contribution >= 0.6 is 0 Å². The van der Waals surface area contributed by atoms with Crippen molar-refractivity contribution in [1.29, 1.82) is 0 Å². The summed E-state index contributed by atoms with van der Waals surface area (Å²) in [5.41, 5.74) is 0.748. The van der Waals surface area contributed by atoms with Crippen molar-refractivity contribution in [1.82, 2.24) is 5.32 Å². The van der Waals surface area contributed by atoms with E-state index in [1.54, 1.807) is 12.1 Å². The normalized spacial score (nSPS) is 19.2. The topological polar surface area (TPSA) is 32.3 Å². The van der Waals surface area contributed by atoms with E-state index in [-0.39, 0.29) is 17.8 Å². The first kappa shape index (κ1) is 14.3. The van der Waals surface area contributed by atoms with E-state index in [0.29, 0.717) is 0 Å². The SMILES string of the molecule is OC(CNC(c1ccc(F)cc1)C1CC1)C(F)(F)F. The number of aliphatic hydroxyl groups is 1. The number of hydrogen-bond donors (Lipinski definition) is 2. The third-order valence-corrected chi connectivity index (χ3v) is 3.23. The molecule has 1 aromatic rings. The first-order valence-electron chi connectivity index (χ1n) is 6.11. The summed E-state index contributed by atoms with van der Waals surface area (Å²) in [5, 5.41) is 11.7. The van der Waals surface area contributed by atoms with Crippen LogP contribution < -0.4 is 5.32 Å². The molecule has 0 amide bonds. The van der Waals surface area contributed by atoms with Gasteiger partial charge in [-0.05, 0) is 36.5 Å². The molecular weight excluding hydrogens is 262 g/mol. The van der Waals surface area contributed by atoms with E-state index >= 15 is 0 Å². The van der Waals surface area contributed by atoms with Gasteiger partial charge in [0.05, 0.1) is 0 Å². The van der Waals surface area contributed by atoms with E-state index in [1.165, 1.54) is 12.1 Å². The highest BCUT2D eigenvalue weighted by molar-refractivity contribution is 5.22. The number of halogens is 4.